The average Bonchev–Trinajstić information content (AvgIpc) is 2.77. The molecule has 0 aliphatic rings. The lowest BCUT2D eigenvalue weighted by molar-refractivity contribution is 0.835. The van der Waals surface area contributed by atoms with Crippen molar-refractivity contribution >= 4 is 27.5 Å². The molecule has 1 N–H and O–H groups in total. The van der Waals surface area contributed by atoms with Crippen molar-refractivity contribution in [3.63, 3.8) is 0 Å². The van der Waals surface area contributed by atoms with Gasteiger partial charge in [0.1, 0.15) is 4.83 Å². The van der Waals surface area contributed by atoms with Gasteiger partial charge in [0.25, 0.3) is 5.56 Å². The van der Waals surface area contributed by atoms with Crippen LogP contribution in [0.3, 0.4) is 0 Å². The molecular weight excluding hydrogens is 284 g/mol. The van der Waals surface area contributed by atoms with Crippen LogP contribution >= 0.6 is 11.3 Å². The van der Waals surface area contributed by atoms with Gasteiger partial charge in [-0.1, -0.05) is 6.07 Å². The van der Waals surface area contributed by atoms with Crippen LogP contribution in [0, 0.1) is 13.8 Å². The maximum Gasteiger partial charge on any atom is 0.263 e. The molecule has 6 heteroatoms. The van der Waals surface area contributed by atoms with Crippen molar-refractivity contribution in [1.82, 2.24) is 14.5 Å². The summed E-state index contributed by atoms with van der Waals surface area (Å²) < 4.78 is 1.56. The van der Waals surface area contributed by atoms with Gasteiger partial charge >= 0.3 is 0 Å². The lowest BCUT2D eigenvalue weighted by Crippen LogP contribution is -2.22. The normalized spacial score (nSPS) is 11.0. The van der Waals surface area contributed by atoms with E-state index in [1.54, 1.807) is 29.1 Å². The molecule has 0 aliphatic heterocycles. The van der Waals surface area contributed by atoms with Crippen LogP contribution in [0.1, 0.15) is 16.1 Å². The standard InChI is InChI=1S/C15H16N4OS/c1-9-10(2)21-13-12(9)14(20)19(3)15(18-13)17-8-11-6-4-5-7-16-11/h4-7H,8H2,1-3H3,(H,17,18). The van der Waals surface area contributed by atoms with Crippen molar-refractivity contribution in [3.8, 4) is 0 Å². The molecular formula is C15H16N4OS. The molecule has 0 unspecified atom stereocenters. The molecule has 0 atom stereocenters. The van der Waals surface area contributed by atoms with Crippen LogP contribution in [0.5, 0.6) is 0 Å². The molecule has 0 saturated carbocycles. The molecule has 21 heavy (non-hydrogen) atoms. The monoisotopic (exact) mass is 300 g/mol. The van der Waals surface area contributed by atoms with Crippen LogP contribution in [0.15, 0.2) is 29.2 Å². The van der Waals surface area contributed by atoms with Crippen molar-refractivity contribution in [2.24, 2.45) is 7.05 Å². The van der Waals surface area contributed by atoms with E-state index in [1.807, 2.05) is 32.0 Å². The van der Waals surface area contributed by atoms with E-state index in [2.05, 4.69) is 15.3 Å². The maximum absolute atomic E-state index is 12.5. The minimum atomic E-state index is -0.00892. The molecule has 0 amide bonds. The van der Waals surface area contributed by atoms with Crippen LogP contribution < -0.4 is 10.9 Å². The molecule has 0 fully saturated rings. The Morgan fingerprint density at radius 1 is 1.33 bits per heavy atom. The van der Waals surface area contributed by atoms with E-state index >= 15 is 0 Å². The molecule has 108 valence electrons. The summed E-state index contributed by atoms with van der Waals surface area (Å²) >= 11 is 1.56. The topological polar surface area (TPSA) is 59.8 Å². The predicted octanol–water partition coefficient (Wildman–Crippen LogP) is 2.62. The van der Waals surface area contributed by atoms with E-state index in [0.29, 0.717) is 12.5 Å². The second kappa shape index (κ2) is 5.29. The summed E-state index contributed by atoms with van der Waals surface area (Å²) in [5, 5.41) is 3.91. The fourth-order valence-corrected chi connectivity index (χ4v) is 3.22. The second-order valence-electron chi connectivity index (χ2n) is 4.94. The molecule has 3 rings (SSSR count). The van der Waals surface area contributed by atoms with Crippen molar-refractivity contribution in [3.05, 3.63) is 50.9 Å². The molecule has 0 radical (unpaired) electrons. The maximum atomic E-state index is 12.5. The van der Waals surface area contributed by atoms with Gasteiger partial charge in [0.05, 0.1) is 17.6 Å². The number of hydrogen-bond acceptors (Lipinski definition) is 5. The predicted molar refractivity (Wildman–Crippen MR) is 85.9 cm³/mol. The van der Waals surface area contributed by atoms with Gasteiger partial charge in [-0.2, -0.15) is 0 Å². The second-order valence-corrected chi connectivity index (χ2v) is 6.14. The number of rotatable bonds is 3. The first-order chi connectivity index (χ1) is 10.1. The quantitative estimate of drug-likeness (QED) is 0.808. The van der Waals surface area contributed by atoms with E-state index in [0.717, 1.165) is 26.4 Å². The fourth-order valence-electron chi connectivity index (χ4n) is 2.21. The highest BCUT2D eigenvalue weighted by Crippen LogP contribution is 2.26. The molecule has 0 bridgehead atoms. The zero-order chi connectivity index (χ0) is 15.0. The van der Waals surface area contributed by atoms with Gasteiger partial charge in [0.2, 0.25) is 5.95 Å². The third-order valence-electron chi connectivity index (χ3n) is 3.56. The number of fused-ring (bicyclic) bond motifs is 1. The Morgan fingerprint density at radius 3 is 2.86 bits per heavy atom. The van der Waals surface area contributed by atoms with E-state index in [1.165, 1.54) is 0 Å². The molecule has 3 aromatic heterocycles. The van der Waals surface area contributed by atoms with Gasteiger partial charge in [-0.25, -0.2) is 4.98 Å². The number of aromatic nitrogens is 3. The van der Waals surface area contributed by atoms with Gasteiger partial charge < -0.3 is 5.32 Å². The number of thiophene rings is 1. The van der Waals surface area contributed by atoms with Gasteiger partial charge in [0, 0.05) is 18.1 Å². The largest absolute Gasteiger partial charge is 0.350 e. The number of nitrogens with zero attached hydrogens (tertiary/aromatic N) is 3. The lowest BCUT2D eigenvalue weighted by Gasteiger charge is -2.09. The third kappa shape index (κ3) is 2.42. The van der Waals surface area contributed by atoms with Gasteiger partial charge in [0.15, 0.2) is 0 Å². The van der Waals surface area contributed by atoms with Crippen molar-refractivity contribution < 1.29 is 0 Å². The van der Waals surface area contributed by atoms with Gasteiger partial charge in [-0.3, -0.25) is 14.3 Å². The van der Waals surface area contributed by atoms with Crippen LogP contribution in [0.4, 0.5) is 5.95 Å². The summed E-state index contributed by atoms with van der Waals surface area (Å²) in [5.41, 5.74) is 1.93. The van der Waals surface area contributed by atoms with Gasteiger partial charge in [-0.05, 0) is 31.5 Å². The molecule has 0 aromatic carbocycles. The van der Waals surface area contributed by atoms with Crippen molar-refractivity contribution in [2.75, 3.05) is 5.32 Å². The Balaban J connectivity index is 2.00. The highest BCUT2D eigenvalue weighted by atomic mass is 32.1. The van der Waals surface area contributed by atoms with E-state index in [9.17, 15) is 4.79 Å². The molecule has 0 saturated heterocycles. The van der Waals surface area contributed by atoms with E-state index in [4.69, 9.17) is 0 Å². The zero-order valence-corrected chi connectivity index (χ0v) is 13.0. The summed E-state index contributed by atoms with van der Waals surface area (Å²) in [6.07, 6.45) is 1.75. The lowest BCUT2D eigenvalue weighted by atomic mass is 10.2. The number of anilines is 1. The first kappa shape index (κ1) is 13.8. The molecule has 3 heterocycles. The van der Waals surface area contributed by atoms with Crippen LogP contribution in [0.2, 0.25) is 0 Å². The minimum Gasteiger partial charge on any atom is -0.350 e. The first-order valence-electron chi connectivity index (χ1n) is 6.68. The Morgan fingerprint density at radius 2 is 2.14 bits per heavy atom. The number of hydrogen-bond donors (Lipinski definition) is 1. The Labute approximate surface area is 126 Å². The summed E-state index contributed by atoms with van der Waals surface area (Å²) in [7, 11) is 1.74. The first-order valence-corrected chi connectivity index (χ1v) is 7.50. The minimum absolute atomic E-state index is 0.00892. The SMILES string of the molecule is Cc1sc2nc(NCc3ccccn3)n(C)c(=O)c2c1C. The summed E-state index contributed by atoms with van der Waals surface area (Å²) in [6, 6.07) is 5.75. The fraction of sp³-hybridized carbons (Fsp3) is 0.267. The van der Waals surface area contributed by atoms with Crippen LogP contribution in [-0.4, -0.2) is 14.5 Å². The Kier molecular flexibility index (Phi) is 3.47. The average molecular weight is 300 g/mol. The Hall–Kier alpha value is -2.21. The zero-order valence-electron chi connectivity index (χ0n) is 12.2. The highest BCUT2D eigenvalue weighted by molar-refractivity contribution is 7.18. The van der Waals surface area contributed by atoms with E-state index in [-0.39, 0.29) is 5.56 Å². The van der Waals surface area contributed by atoms with Crippen LogP contribution in [0.25, 0.3) is 10.2 Å². The molecule has 0 aliphatic carbocycles. The third-order valence-corrected chi connectivity index (χ3v) is 4.67. The summed E-state index contributed by atoms with van der Waals surface area (Å²) in [4.78, 5) is 23.2. The van der Waals surface area contributed by atoms with Gasteiger partial charge in [-0.15, -0.1) is 11.3 Å². The summed E-state index contributed by atoms with van der Waals surface area (Å²) in [6.45, 7) is 4.52. The van der Waals surface area contributed by atoms with Crippen LogP contribution in [-0.2, 0) is 13.6 Å². The molecule has 5 nitrogen and oxygen atoms in total. The number of nitrogens with one attached hydrogen (secondary N) is 1. The smallest absolute Gasteiger partial charge is 0.263 e. The Bertz CT molecular complexity index is 851. The van der Waals surface area contributed by atoms with E-state index < -0.39 is 0 Å². The number of pyridine rings is 1. The summed E-state index contributed by atoms with van der Waals surface area (Å²) in [5.74, 6) is 0.569. The highest BCUT2D eigenvalue weighted by Gasteiger charge is 2.14. The number of aryl methyl sites for hydroxylation is 2. The van der Waals surface area contributed by atoms with Crippen molar-refractivity contribution in [2.45, 2.75) is 20.4 Å². The molecule has 0 spiro atoms. The molecule has 3 aromatic rings. The van der Waals surface area contributed by atoms with Crippen molar-refractivity contribution in [1.29, 1.82) is 0 Å².